The number of nitriles is 1. The van der Waals surface area contributed by atoms with Crippen LogP contribution in [0.1, 0.15) is 17.0 Å². The highest BCUT2D eigenvalue weighted by Gasteiger charge is 2.05. The van der Waals surface area contributed by atoms with E-state index < -0.39 is 0 Å². The van der Waals surface area contributed by atoms with Crippen LogP contribution < -0.4 is 5.73 Å². The molecule has 0 aliphatic carbocycles. The van der Waals surface area contributed by atoms with Gasteiger partial charge in [0.15, 0.2) is 0 Å². The minimum absolute atomic E-state index is 0.390. The summed E-state index contributed by atoms with van der Waals surface area (Å²) in [4.78, 5) is 4.14. The van der Waals surface area contributed by atoms with Gasteiger partial charge in [-0.2, -0.15) is 5.26 Å². The highest BCUT2D eigenvalue weighted by Crippen LogP contribution is 2.19. The molecule has 0 amide bonds. The van der Waals surface area contributed by atoms with Crippen molar-refractivity contribution in [2.75, 3.05) is 0 Å². The second kappa shape index (κ2) is 5.00. The van der Waals surface area contributed by atoms with Crippen LogP contribution in [0.25, 0.3) is 0 Å². The van der Waals surface area contributed by atoms with Gasteiger partial charge in [0.1, 0.15) is 5.82 Å². The topological polar surface area (TPSA) is 67.6 Å². The largest absolute Gasteiger partial charge is 0.329 e. The van der Waals surface area contributed by atoms with Crippen molar-refractivity contribution in [2.45, 2.75) is 13.1 Å². The highest BCUT2D eigenvalue weighted by molar-refractivity contribution is 6.31. The van der Waals surface area contributed by atoms with Crippen LogP contribution in [-0.4, -0.2) is 9.55 Å². The highest BCUT2D eigenvalue weighted by atomic mass is 35.5. The van der Waals surface area contributed by atoms with Gasteiger partial charge in [0.2, 0.25) is 0 Å². The van der Waals surface area contributed by atoms with Gasteiger partial charge in [0.25, 0.3) is 0 Å². The van der Waals surface area contributed by atoms with Crippen molar-refractivity contribution < 1.29 is 0 Å². The summed E-state index contributed by atoms with van der Waals surface area (Å²) < 4.78 is 1.94. The fraction of sp³-hybridized carbons (Fsp3) is 0.167. The zero-order chi connectivity index (χ0) is 12.3. The van der Waals surface area contributed by atoms with E-state index in [0.29, 0.717) is 23.7 Å². The second-order valence-corrected chi connectivity index (χ2v) is 4.00. The molecule has 0 radical (unpaired) electrons. The number of benzene rings is 1. The van der Waals surface area contributed by atoms with E-state index in [1.165, 1.54) is 0 Å². The van der Waals surface area contributed by atoms with Crippen LogP contribution >= 0.6 is 11.6 Å². The molecule has 5 heteroatoms. The Hall–Kier alpha value is -1.83. The smallest absolute Gasteiger partial charge is 0.122 e. The van der Waals surface area contributed by atoms with Gasteiger partial charge in [-0.3, -0.25) is 0 Å². The van der Waals surface area contributed by atoms with E-state index in [9.17, 15) is 0 Å². The van der Waals surface area contributed by atoms with E-state index in [2.05, 4.69) is 11.1 Å². The lowest BCUT2D eigenvalue weighted by Crippen LogP contribution is -2.09. The molecule has 0 bridgehead atoms. The molecule has 4 nitrogen and oxygen atoms in total. The van der Waals surface area contributed by atoms with Crippen LogP contribution in [-0.2, 0) is 13.1 Å². The van der Waals surface area contributed by atoms with Crippen molar-refractivity contribution >= 4 is 11.6 Å². The first kappa shape index (κ1) is 11.6. The molecular formula is C12H11ClN4. The van der Waals surface area contributed by atoms with Gasteiger partial charge in [0.05, 0.1) is 24.7 Å². The molecule has 0 unspecified atom stereocenters. The molecule has 2 aromatic rings. The first-order valence-electron chi connectivity index (χ1n) is 5.13. The van der Waals surface area contributed by atoms with Crippen LogP contribution in [0.2, 0.25) is 5.02 Å². The Kier molecular flexibility index (Phi) is 3.43. The fourth-order valence-corrected chi connectivity index (χ4v) is 1.84. The zero-order valence-electron chi connectivity index (χ0n) is 9.10. The summed E-state index contributed by atoms with van der Waals surface area (Å²) in [6, 6.07) is 7.31. The van der Waals surface area contributed by atoms with Crippen LogP contribution in [0.15, 0.2) is 30.6 Å². The summed E-state index contributed by atoms with van der Waals surface area (Å²) in [5.41, 5.74) is 7.07. The van der Waals surface area contributed by atoms with Crippen LogP contribution in [0, 0.1) is 11.3 Å². The molecule has 0 saturated heterocycles. The summed E-state index contributed by atoms with van der Waals surface area (Å²) in [6.07, 6.45) is 3.57. The number of imidazole rings is 1. The molecule has 86 valence electrons. The number of rotatable bonds is 3. The van der Waals surface area contributed by atoms with Crippen molar-refractivity contribution in [3.63, 3.8) is 0 Å². The van der Waals surface area contributed by atoms with Crippen molar-refractivity contribution in [1.82, 2.24) is 9.55 Å². The minimum atomic E-state index is 0.390. The van der Waals surface area contributed by atoms with E-state index in [4.69, 9.17) is 22.6 Å². The molecule has 2 N–H and O–H groups in total. The monoisotopic (exact) mass is 246 g/mol. The van der Waals surface area contributed by atoms with Crippen molar-refractivity contribution in [2.24, 2.45) is 5.73 Å². The summed E-state index contributed by atoms with van der Waals surface area (Å²) in [5, 5.41) is 9.34. The lowest BCUT2D eigenvalue weighted by molar-refractivity contribution is 0.724. The number of aromatic nitrogens is 2. The Bertz CT molecular complexity index is 568. The average Bonchev–Trinajstić information content (AvgIpc) is 2.79. The van der Waals surface area contributed by atoms with Crippen LogP contribution in [0.3, 0.4) is 0 Å². The van der Waals surface area contributed by atoms with E-state index in [1.807, 2.05) is 16.8 Å². The van der Waals surface area contributed by atoms with Crippen LogP contribution in [0.4, 0.5) is 0 Å². The molecule has 17 heavy (non-hydrogen) atoms. The Morgan fingerprint density at radius 3 is 2.94 bits per heavy atom. The third-order valence-corrected chi connectivity index (χ3v) is 2.86. The van der Waals surface area contributed by atoms with E-state index in [-0.39, 0.29) is 0 Å². The van der Waals surface area contributed by atoms with Gasteiger partial charge >= 0.3 is 0 Å². The molecule has 0 aliphatic heterocycles. The molecule has 0 fully saturated rings. The van der Waals surface area contributed by atoms with Crippen LogP contribution in [0.5, 0.6) is 0 Å². The third-order valence-electron chi connectivity index (χ3n) is 2.51. The molecule has 1 aromatic heterocycles. The quantitative estimate of drug-likeness (QED) is 0.900. The number of nitrogens with two attached hydrogens (primary N) is 1. The summed E-state index contributed by atoms with van der Waals surface area (Å²) in [6.45, 7) is 0.998. The third kappa shape index (κ3) is 2.47. The predicted molar refractivity (Wildman–Crippen MR) is 65.4 cm³/mol. The number of hydrogen-bond acceptors (Lipinski definition) is 3. The first-order valence-corrected chi connectivity index (χ1v) is 5.51. The van der Waals surface area contributed by atoms with Gasteiger partial charge in [-0.25, -0.2) is 4.98 Å². The van der Waals surface area contributed by atoms with E-state index >= 15 is 0 Å². The summed E-state index contributed by atoms with van der Waals surface area (Å²) >= 11 is 6.10. The first-order chi connectivity index (χ1) is 8.24. The molecule has 0 aliphatic rings. The Balaban J connectivity index is 2.28. The van der Waals surface area contributed by atoms with Crippen molar-refractivity contribution in [3.8, 4) is 6.07 Å². The molecular weight excluding hydrogens is 236 g/mol. The van der Waals surface area contributed by atoms with Crippen molar-refractivity contribution in [1.29, 1.82) is 5.26 Å². The van der Waals surface area contributed by atoms with Gasteiger partial charge < -0.3 is 10.3 Å². The second-order valence-electron chi connectivity index (χ2n) is 3.59. The Morgan fingerprint density at radius 1 is 1.47 bits per heavy atom. The zero-order valence-corrected chi connectivity index (χ0v) is 9.85. The number of nitrogens with zero attached hydrogens (tertiary/aromatic N) is 3. The standard InChI is InChI=1S/C12H11ClN4/c13-11-5-9(6-14)1-2-10(11)8-17-4-3-16-12(17)7-15/h1-5H,7-8,15H2. The average molecular weight is 247 g/mol. The number of hydrogen-bond donors (Lipinski definition) is 1. The maximum atomic E-state index is 8.75. The van der Waals surface area contributed by atoms with Gasteiger partial charge in [0, 0.05) is 17.4 Å². The number of halogens is 1. The van der Waals surface area contributed by atoms with E-state index in [1.54, 1.807) is 18.3 Å². The SMILES string of the molecule is N#Cc1ccc(Cn2ccnc2CN)c(Cl)c1. The molecule has 0 saturated carbocycles. The maximum Gasteiger partial charge on any atom is 0.122 e. The summed E-state index contributed by atoms with van der Waals surface area (Å²) in [5.74, 6) is 0.811. The Labute approximate surface area is 104 Å². The molecule has 1 heterocycles. The van der Waals surface area contributed by atoms with Gasteiger partial charge in [-0.15, -0.1) is 0 Å². The summed E-state index contributed by atoms with van der Waals surface area (Å²) in [7, 11) is 0. The van der Waals surface area contributed by atoms with E-state index in [0.717, 1.165) is 11.4 Å². The normalized spacial score (nSPS) is 10.2. The lowest BCUT2D eigenvalue weighted by atomic mass is 10.1. The fourth-order valence-electron chi connectivity index (χ4n) is 1.60. The molecule has 0 spiro atoms. The minimum Gasteiger partial charge on any atom is -0.329 e. The van der Waals surface area contributed by atoms with Gasteiger partial charge in [-0.1, -0.05) is 17.7 Å². The predicted octanol–water partition coefficient (Wildman–Crippen LogP) is 1.92. The molecule has 1 aromatic carbocycles. The van der Waals surface area contributed by atoms with Crippen molar-refractivity contribution in [3.05, 3.63) is 52.6 Å². The molecule has 0 atom stereocenters. The molecule has 2 rings (SSSR count). The maximum absolute atomic E-state index is 8.75. The Morgan fingerprint density at radius 2 is 2.29 bits per heavy atom. The lowest BCUT2D eigenvalue weighted by Gasteiger charge is -2.08. The van der Waals surface area contributed by atoms with Gasteiger partial charge in [-0.05, 0) is 17.7 Å².